The van der Waals surface area contributed by atoms with E-state index in [1.54, 1.807) is 18.2 Å². The number of hydrogen-bond acceptors (Lipinski definition) is 2. The number of carbonyl (C=O) groups is 1. The van der Waals surface area contributed by atoms with Crippen LogP contribution in [0.15, 0.2) is 83.5 Å². The Morgan fingerprint density at radius 1 is 0.826 bits per heavy atom. The molecule has 0 amide bonds. The maximum Gasteiger partial charge on any atom is 0.221 e. The SMILES string of the molecule is O=C(/C=C/c1c2ccccc2cc2ccccc12)c1ccco1. The normalized spacial score (nSPS) is 11.5. The first kappa shape index (κ1) is 13.5. The maximum absolute atomic E-state index is 12.2. The molecule has 4 rings (SSSR count). The van der Waals surface area contributed by atoms with Crippen molar-refractivity contribution in [2.75, 3.05) is 0 Å². The zero-order valence-electron chi connectivity index (χ0n) is 12.4. The molecule has 0 spiro atoms. The fourth-order valence-corrected chi connectivity index (χ4v) is 2.89. The molecule has 2 heteroatoms. The number of fused-ring (bicyclic) bond motifs is 2. The van der Waals surface area contributed by atoms with Gasteiger partial charge in [0.2, 0.25) is 5.78 Å². The standard InChI is InChI=1S/C21H14O2/c22-20(21-10-5-13-23-21)12-11-19-17-8-3-1-6-15(17)14-16-7-2-4-9-18(16)19/h1-14H/b12-11+. The first-order valence-corrected chi connectivity index (χ1v) is 7.49. The number of ketones is 1. The van der Waals surface area contributed by atoms with E-state index in [0.29, 0.717) is 5.76 Å². The van der Waals surface area contributed by atoms with E-state index in [-0.39, 0.29) is 5.78 Å². The first-order chi connectivity index (χ1) is 11.3. The second-order valence-corrected chi connectivity index (χ2v) is 5.41. The predicted octanol–water partition coefficient (Wildman–Crippen LogP) is 5.48. The summed E-state index contributed by atoms with van der Waals surface area (Å²) in [5.41, 5.74) is 1.05. The van der Waals surface area contributed by atoms with E-state index in [0.717, 1.165) is 27.1 Å². The maximum atomic E-state index is 12.2. The summed E-state index contributed by atoms with van der Waals surface area (Å²) in [7, 11) is 0. The van der Waals surface area contributed by atoms with Crippen molar-refractivity contribution in [3.05, 3.63) is 90.4 Å². The van der Waals surface area contributed by atoms with Gasteiger partial charge in [-0.15, -0.1) is 0 Å². The summed E-state index contributed by atoms with van der Waals surface area (Å²) in [4.78, 5) is 12.2. The summed E-state index contributed by atoms with van der Waals surface area (Å²) in [5.74, 6) is 0.220. The lowest BCUT2D eigenvalue weighted by atomic mass is 9.96. The van der Waals surface area contributed by atoms with Gasteiger partial charge in [0.1, 0.15) is 0 Å². The second-order valence-electron chi connectivity index (χ2n) is 5.41. The third-order valence-electron chi connectivity index (χ3n) is 3.98. The number of furan rings is 1. The summed E-state index contributed by atoms with van der Waals surface area (Å²) < 4.78 is 5.16. The zero-order valence-corrected chi connectivity index (χ0v) is 12.4. The Balaban J connectivity index is 1.91. The minimum Gasteiger partial charge on any atom is -0.461 e. The van der Waals surface area contributed by atoms with Crippen molar-refractivity contribution in [3.63, 3.8) is 0 Å². The van der Waals surface area contributed by atoms with Crippen LogP contribution >= 0.6 is 0 Å². The van der Waals surface area contributed by atoms with Gasteiger partial charge in [-0.25, -0.2) is 0 Å². The molecule has 4 aromatic rings. The van der Waals surface area contributed by atoms with Crippen molar-refractivity contribution in [1.82, 2.24) is 0 Å². The predicted molar refractivity (Wildman–Crippen MR) is 93.5 cm³/mol. The summed E-state index contributed by atoms with van der Waals surface area (Å²) in [6.45, 7) is 0. The zero-order chi connectivity index (χ0) is 15.6. The highest BCUT2D eigenvalue weighted by molar-refractivity contribution is 6.11. The average Bonchev–Trinajstić information content (AvgIpc) is 3.13. The largest absolute Gasteiger partial charge is 0.461 e. The number of carbonyl (C=O) groups excluding carboxylic acids is 1. The topological polar surface area (TPSA) is 30.2 Å². The van der Waals surface area contributed by atoms with Crippen LogP contribution in [-0.4, -0.2) is 5.78 Å². The van der Waals surface area contributed by atoms with Gasteiger partial charge < -0.3 is 4.42 Å². The molecule has 1 heterocycles. The van der Waals surface area contributed by atoms with Gasteiger partial charge in [0.15, 0.2) is 5.76 Å². The van der Waals surface area contributed by atoms with Gasteiger partial charge in [0.05, 0.1) is 6.26 Å². The molecule has 23 heavy (non-hydrogen) atoms. The number of hydrogen-bond donors (Lipinski definition) is 0. The Bertz CT molecular complexity index is 970. The molecule has 0 atom stereocenters. The molecule has 0 saturated heterocycles. The lowest BCUT2D eigenvalue weighted by Crippen LogP contribution is -1.91. The van der Waals surface area contributed by atoms with Gasteiger partial charge in [-0.2, -0.15) is 0 Å². The van der Waals surface area contributed by atoms with Crippen molar-refractivity contribution in [3.8, 4) is 0 Å². The molecule has 3 aromatic carbocycles. The monoisotopic (exact) mass is 298 g/mol. The molecule has 110 valence electrons. The van der Waals surface area contributed by atoms with E-state index in [9.17, 15) is 4.79 Å². The Hall–Kier alpha value is -3.13. The van der Waals surface area contributed by atoms with Crippen LogP contribution in [0.5, 0.6) is 0 Å². The van der Waals surface area contributed by atoms with Crippen molar-refractivity contribution >= 4 is 33.4 Å². The molecule has 0 fully saturated rings. The molecule has 0 bridgehead atoms. The molecule has 0 aliphatic carbocycles. The van der Waals surface area contributed by atoms with E-state index >= 15 is 0 Å². The van der Waals surface area contributed by atoms with Gasteiger partial charge >= 0.3 is 0 Å². The van der Waals surface area contributed by atoms with E-state index in [2.05, 4.69) is 30.3 Å². The first-order valence-electron chi connectivity index (χ1n) is 7.49. The van der Waals surface area contributed by atoms with Gasteiger partial charge in [-0.05, 0) is 57.5 Å². The van der Waals surface area contributed by atoms with Crippen LogP contribution in [0.1, 0.15) is 16.1 Å². The summed E-state index contributed by atoms with van der Waals surface area (Å²) in [6, 6.07) is 22.0. The van der Waals surface area contributed by atoms with Gasteiger partial charge in [-0.1, -0.05) is 48.5 Å². The van der Waals surface area contributed by atoms with Crippen molar-refractivity contribution < 1.29 is 9.21 Å². The third kappa shape index (κ3) is 2.44. The van der Waals surface area contributed by atoms with Crippen LogP contribution in [0.3, 0.4) is 0 Å². The van der Waals surface area contributed by atoms with Crippen LogP contribution in [0.2, 0.25) is 0 Å². The van der Waals surface area contributed by atoms with Gasteiger partial charge in [0, 0.05) is 0 Å². The molecule has 2 nitrogen and oxygen atoms in total. The highest BCUT2D eigenvalue weighted by Crippen LogP contribution is 2.29. The Kier molecular flexibility index (Phi) is 3.28. The number of allylic oxidation sites excluding steroid dienone is 1. The summed E-state index contributed by atoms with van der Waals surface area (Å²) in [6.07, 6.45) is 4.97. The van der Waals surface area contributed by atoms with Crippen molar-refractivity contribution in [2.24, 2.45) is 0 Å². The van der Waals surface area contributed by atoms with E-state index < -0.39 is 0 Å². The smallest absolute Gasteiger partial charge is 0.221 e. The Morgan fingerprint density at radius 3 is 2.09 bits per heavy atom. The summed E-state index contributed by atoms with van der Waals surface area (Å²) in [5, 5.41) is 4.59. The molecule has 0 aliphatic rings. The fraction of sp³-hybridized carbons (Fsp3) is 0. The Morgan fingerprint density at radius 2 is 1.48 bits per heavy atom. The van der Waals surface area contributed by atoms with Crippen molar-refractivity contribution in [2.45, 2.75) is 0 Å². The average molecular weight is 298 g/mol. The number of rotatable bonds is 3. The lowest BCUT2D eigenvalue weighted by Gasteiger charge is -2.08. The summed E-state index contributed by atoms with van der Waals surface area (Å²) >= 11 is 0. The minimum atomic E-state index is -0.132. The lowest BCUT2D eigenvalue weighted by molar-refractivity contribution is 0.102. The molecule has 0 radical (unpaired) electrons. The number of benzene rings is 3. The highest BCUT2D eigenvalue weighted by Gasteiger charge is 2.07. The van der Waals surface area contributed by atoms with Crippen molar-refractivity contribution in [1.29, 1.82) is 0 Å². The molecule has 0 unspecified atom stereocenters. The van der Waals surface area contributed by atoms with Crippen LogP contribution in [0, 0.1) is 0 Å². The second kappa shape index (κ2) is 5.58. The molecule has 0 N–H and O–H groups in total. The van der Waals surface area contributed by atoms with Gasteiger partial charge in [-0.3, -0.25) is 4.79 Å². The van der Waals surface area contributed by atoms with Crippen LogP contribution in [-0.2, 0) is 0 Å². The van der Waals surface area contributed by atoms with Crippen LogP contribution in [0.4, 0.5) is 0 Å². The van der Waals surface area contributed by atoms with E-state index in [4.69, 9.17) is 4.42 Å². The third-order valence-corrected chi connectivity index (χ3v) is 3.98. The van der Waals surface area contributed by atoms with Gasteiger partial charge in [0.25, 0.3) is 0 Å². The molecular weight excluding hydrogens is 284 g/mol. The molecule has 0 aliphatic heterocycles. The minimum absolute atomic E-state index is 0.132. The van der Waals surface area contributed by atoms with E-state index in [1.807, 2.05) is 30.3 Å². The van der Waals surface area contributed by atoms with E-state index in [1.165, 1.54) is 6.26 Å². The molecular formula is C21H14O2. The van der Waals surface area contributed by atoms with Crippen LogP contribution < -0.4 is 0 Å². The van der Waals surface area contributed by atoms with Crippen LogP contribution in [0.25, 0.3) is 27.6 Å². The fourth-order valence-electron chi connectivity index (χ4n) is 2.89. The quantitative estimate of drug-likeness (QED) is 0.285. The molecule has 0 saturated carbocycles. The highest BCUT2D eigenvalue weighted by atomic mass is 16.3. The molecule has 1 aromatic heterocycles. The Labute approximate surface area is 133 Å².